The summed E-state index contributed by atoms with van der Waals surface area (Å²) >= 11 is 5.85. The number of carbonyl (C=O) groups excluding carboxylic acids is 1. The SMILES string of the molecule is Nc1ccc(NC(=O)CCCCn2cc(Cl)ccc2=O)cc1. The van der Waals surface area contributed by atoms with E-state index in [4.69, 9.17) is 17.3 Å². The Morgan fingerprint density at radius 3 is 2.59 bits per heavy atom. The van der Waals surface area contributed by atoms with Crippen molar-refractivity contribution in [3.8, 4) is 0 Å². The summed E-state index contributed by atoms with van der Waals surface area (Å²) in [7, 11) is 0. The molecule has 1 aromatic carbocycles. The minimum absolute atomic E-state index is 0.0526. The summed E-state index contributed by atoms with van der Waals surface area (Å²) in [6, 6.07) is 10.0. The lowest BCUT2D eigenvalue weighted by Crippen LogP contribution is -2.18. The van der Waals surface area contributed by atoms with E-state index in [2.05, 4.69) is 5.32 Å². The molecule has 22 heavy (non-hydrogen) atoms. The summed E-state index contributed by atoms with van der Waals surface area (Å²) in [5.74, 6) is -0.0526. The molecule has 0 saturated carbocycles. The van der Waals surface area contributed by atoms with Gasteiger partial charge in [0.25, 0.3) is 5.56 Å². The number of unbranched alkanes of at least 4 members (excludes halogenated alkanes) is 1. The van der Waals surface area contributed by atoms with E-state index in [1.807, 2.05) is 0 Å². The van der Waals surface area contributed by atoms with Gasteiger partial charge in [-0.25, -0.2) is 0 Å². The fraction of sp³-hybridized carbons (Fsp3) is 0.250. The number of aromatic nitrogens is 1. The molecule has 3 N–H and O–H groups in total. The number of hydrogen-bond acceptors (Lipinski definition) is 3. The number of hydrogen-bond donors (Lipinski definition) is 2. The molecule has 2 rings (SSSR count). The maximum Gasteiger partial charge on any atom is 0.250 e. The predicted molar refractivity (Wildman–Crippen MR) is 89.0 cm³/mol. The number of nitrogens with two attached hydrogens (primary N) is 1. The molecule has 0 bridgehead atoms. The van der Waals surface area contributed by atoms with E-state index in [9.17, 15) is 9.59 Å². The Labute approximate surface area is 133 Å². The van der Waals surface area contributed by atoms with E-state index in [-0.39, 0.29) is 11.5 Å². The van der Waals surface area contributed by atoms with Crippen molar-refractivity contribution >= 4 is 28.9 Å². The van der Waals surface area contributed by atoms with Crippen LogP contribution in [0.15, 0.2) is 47.4 Å². The van der Waals surface area contributed by atoms with E-state index in [1.165, 1.54) is 6.07 Å². The molecule has 0 unspecified atom stereocenters. The highest BCUT2D eigenvalue weighted by atomic mass is 35.5. The van der Waals surface area contributed by atoms with Crippen molar-refractivity contribution in [1.82, 2.24) is 4.57 Å². The van der Waals surface area contributed by atoms with Crippen molar-refractivity contribution in [2.75, 3.05) is 11.1 Å². The number of nitrogens with zero attached hydrogens (tertiary/aromatic N) is 1. The van der Waals surface area contributed by atoms with Crippen molar-refractivity contribution in [2.24, 2.45) is 0 Å². The predicted octanol–water partition coefficient (Wildman–Crippen LogP) is 2.89. The second-order valence-electron chi connectivity index (χ2n) is 5.01. The average molecular weight is 320 g/mol. The van der Waals surface area contributed by atoms with Crippen LogP contribution >= 0.6 is 11.6 Å². The van der Waals surface area contributed by atoms with Crippen LogP contribution in [0.25, 0.3) is 0 Å². The van der Waals surface area contributed by atoms with Gasteiger partial charge in [-0.05, 0) is 43.2 Å². The third kappa shape index (κ3) is 4.93. The number of rotatable bonds is 6. The highest BCUT2D eigenvalue weighted by molar-refractivity contribution is 6.30. The zero-order chi connectivity index (χ0) is 15.9. The van der Waals surface area contributed by atoms with E-state index in [0.717, 1.165) is 12.1 Å². The second-order valence-corrected chi connectivity index (χ2v) is 5.44. The molecule has 0 fully saturated rings. The van der Waals surface area contributed by atoms with Gasteiger partial charge in [0.15, 0.2) is 0 Å². The van der Waals surface area contributed by atoms with Crippen LogP contribution < -0.4 is 16.6 Å². The fourth-order valence-electron chi connectivity index (χ4n) is 2.03. The summed E-state index contributed by atoms with van der Waals surface area (Å²) < 4.78 is 1.56. The number of nitrogens with one attached hydrogen (secondary N) is 1. The third-order valence-corrected chi connectivity index (χ3v) is 3.42. The highest BCUT2D eigenvalue weighted by Gasteiger charge is 2.03. The molecule has 116 valence electrons. The highest BCUT2D eigenvalue weighted by Crippen LogP contribution is 2.11. The number of anilines is 2. The molecule has 0 aliphatic carbocycles. The minimum Gasteiger partial charge on any atom is -0.399 e. The Morgan fingerprint density at radius 1 is 1.14 bits per heavy atom. The van der Waals surface area contributed by atoms with Crippen LogP contribution in [-0.2, 0) is 11.3 Å². The molecule has 0 aliphatic rings. The van der Waals surface area contributed by atoms with Gasteiger partial charge in [0, 0.05) is 36.6 Å². The van der Waals surface area contributed by atoms with E-state index >= 15 is 0 Å². The van der Waals surface area contributed by atoms with Gasteiger partial charge in [-0.1, -0.05) is 11.6 Å². The van der Waals surface area contributed by atoms with Crippen LogP contribution in [0.3, 0.4) is 0 Å². The van der Waals surface area contributed by atoms with Gasteiger partial charge in [0.2, 0.25) is 5.91 Å². The van der Waals surface area contributed by atoms with Gasteiger partial charge in [-0.3, -0.25) is 9.59 Å². The van der Waals surface area contributed by atoms with Crippen LogP contribution in [0.2, 0.25) is 5.02 Å². The number of pyridine rings is 1. The molecule has 1 heterocycles. The summed E-state index contributed by atoms with van der Waals surface area (Å²) in [5, 5.41) is 3.33. The van der Waals surface area contributed by atoms with Crippen LogP contribution in [0.5, 0.6) is 0 Å². The molecule has 0 spiro atoms. The molecule has 5 nitrogen and oxygen atoms in total. The topological polar surface area (TPSA) is 77.1 Å². The van der Waals surface area contributed by atoms with Gasteiger partial charge < -0.3 is 15.6 Å². The second kappa shape index (κ2) is 7.66. The van der Waals surface area contributed by atoms with Crippen LogP contribution in [-0.4, -0.2) is 10.5 Å². The third-order valence-electron chi connectivity index (χ3n) is 3.19. The largest absolute Gasteiger partial charge is 0.399 e. The van der Waals surface area contributed by atoms with E-state index in [0.29, 0.717) is 30.1 Å². The molecule has 0 radical (unpaired) electrons. The lowest BCUT2D eigenvalue weighted by molar-refractivity contribution is -0.116. The monoisotopic (exact) mass is 319 g/mol. The Kier molecular flexibility index (Phi) is 5.61. The lowest BCUT2D eigenvalue weighted by atomic mass is 10.2. The molecule has 0 aliphatic heterocycles. The fourth-order valence-corrected chi connectivity index (χ4v) is 2.22. The quantitative estimate of drug-likeness (QED) is 0.635. The minimum atomic E-state index is -0.0873. The number of benzene rings is 1. The molecule has 0 atom stereocenters. The Bertz CT molecular complexity index is 695. The van der Waals surface area contributed by atoms with Gasteiger partial charge in [-0.2, -0.15) is 0 Å². The molecule has 0 saturated heterocycles. The van der Waals surface area contributed by atoms with Gasteiger partial charge >= 0.3 is 0 Å². The first-order valence-electron chi connectivity index (χ1n) is 7.06. The Morgan fingerprint density at radius 2 is 1.86 bits per heavy atom. The number of amides is 1. The van der Waals surface area contributed by atoms with Crippen LogP contribution in [0.4, 0.5) is 11.4 Å². The zero-order valence-corrected chi connectivity index (χ0v) is 12.8. The number of nitrogen functional groups attached to an aromatic ring is 1. The maximum absolute atomic E-state index is 11.8. The van der Waals surface area contributed by atoms with Gasteiger partial charge in [0.1, 0.15) is 0 Å². The molecular formula is C16H18ClN3O2. The number of aryl methyl sites for hydroxylation is 1. The Hall–Kier alpha value is -2.27. The zero-order valence-electron chi connectivity index (χ0n) is 12.1. The molecule has 6 heteroatoms. The van der Waals surface area contributed by atoms with Crippen molar-refractivity contribution < 1.29 is 4.79 Å². The smallest absolute Gasteiger partial charge is 0.250 e. The molecule has 2 aromatic rings. The molecular weight excluding hydrogens is 302 g/mol. The first kappa shape index (κ1) is 16.1. The summed E-state index contributed by atoms with van der Waals surface area (Å²) in [5.41, 5.74) is 6.88. The normalized spacial score (nSPS) is 10.4. The van der Waals surface area contributed by atoms with E-state index < -0.39 is 0 Å². The van der Waals surface area contributed by atoms with Gasteiger partial charge in [-0.15, -0.1) is 0 Å². The first-order chi connectivity index (χ1) is 10.5. The number of halogens is 1. The molecule has 1 amide bonds. The van der Waals surface area contributed by atoms with E-state index in [1.54, 1.807) is 41.1 Å². The number of carbonyl (C=O) groups is 1. The van der Waals surface area contributed by atoms with Crippen molar-refractivity contribution in [2.45, 2.75) is 25.8 Å². The standard InChI is InChI=1S/C16H18ClN3O2/c17-12-4-9-16(22)20(11-12)10-2-1-3-15(21)19-14-7-5-13(18)6-8-14/h4-9,11H,1-3,10,18H2,(H,19,21). The van der Waals surface area contributed by atoms with Gasteiger partial charge in [0.05, 0.1) is 5.02 Å². The van der Waals surface area contributed by atoms with Crippen LogP contribution in [0.1, 0.15) is 19.3 Å². The van der Waals surface area contributed by atoms with Crippen molar-refractivity contribution in [3.63, 3.8) is 0 Å². The summed E-state index contributed by atoms with van der Waals surface area (Å²) in [6.45, 7) is 0.550. The lowest BCUT2D eigenvalue weighted by Gasteiger charge is -2.07. The van der Waals surface area contributed by atoms with Crippen molar-refractivity contribution in [1.29, 1.82) is 0 Å². The maximum atomic E-state index is 11.8. The molecule has 1 aromatic heterocycles. The van der Waals surface area contributed by atoms with Crippen LogP contribution in [0, 0.1) is 0 Å². The average Bonchev–Trinajstić information content (AvgIpc) is 2.49. The summed E-state index contributed by atoms with van der Waals surface area (Å²) in [4.78, 5) is 23.4. The van der Waals surface area contributed by atoms with Crippen molar-refractivity contribution in [3.05, 3.63) is 58.0 Å². The first-order valence-corrected chi connectivity index (χ1v) is 7.44. The summed E-state index contributed by atoms with van der Waals surface area (Å²) in [6.07, 6.45) is 3.44. The Balaban J connectivity index is 1.74.